The first-order valence-corrected chi connectivity index (χ1v) is 10.1. The molecule has 2 atom stereocenters. The number of aromatic nitrogens is 4. The molecule has 0 unspecified atom stereocenters. The Labute approximate surface area is 179 Å². The SMILES string of the molecule is O=C(Nc1cnc([C@@H](O)C(F)F)c(Cl)c1)[C@@H]1CC2(CCC2)c2c1cnc1cc(F)nn21. The molecule has 3 heterocycles. The summed E-state index contributed by atoms with van der Waals surface area (Å²) in [6.45, 7) is 0. The number of rotatable bonds is 4. The number of carbonyl (C=O) groups excluding carboxylic acids is 1. The Balaban J connectivity index is 1.45. The monoisotopic (exact) mass is 451 g/mol. The highest BCUT2D eigenvalue weighted by Crippen LogP contribution is 2.56. The topological polar surface area (TPSA) is 92.4 Å². The van der Waals surface area contributed by atoms with Crippen LogP contribution in [0.1, 0.15) is 54.7 Å². The summed E-state index contributed by atoms with van der Waals surface area (Å²) in [6.07, 6.45) is 0.918. The molecule has 2 aliphatic rings. The van der Waals surface area contributed by atoms with E-state index in [-0.39, 0.29) is 27.7 Å². The Hall–Kier alpha value is -2.72. The molecule has 1 amide bonds. The van der Waals surface area contributed by atoms with Crippen LogP contribution in [0, 0.1) is 5.95 Å². The zero-order chi connectivity index (χ0) is 21.9. The second kappa shape index (κ2) is 7.16. The molecule has 7 nitrogen and oxygen atoms in total. The largest absolute Gasteiger partial charge is 0.381 e. The maximum atomic E-state index is 13.7. The van der Waals surface area contributed by atoms with Crippen LogP contribution in [-0.2, 0) is 10.2 Å². The lowest BCUT2D eigenvalue weighted by molar-refractivity contribution is -0.117. The van der Waals surface area contributed by atoms with Crippen LogP contribution in [0.3, 0.4) is 0 Å². The van der Waals surface area contributed by atoms with E-state index in [9.17, 15) is 23.1 Å². The first-order valence-electron chi connectivity index (χ1n) is 9.76. The summed E-state index contributed by atoms with van der Waals surface area (Å²) in [6, 6.07) is 2.52. The highest BCUT2D eigenvalue weighted by molar-refractivity contribution is 6.31. The lowest BCUT2D eigenvalue weighted by atomic mass is 9.66. The minimum Gasteiger partial charge on any atom is -0.381 e. The van der Waals surface area contributed by atoms with E-state index in [0.29, 0.717) is 17.6 Å². The van der Waals surface area contributed by atoms with Crippen molar-refractivity contribution in [2.75, 3.05) is 5.32 Å². The van der Waals surface area contributed by atoms with Gasteiger partial charge in [-0.3, -0.25) is 9.78 Å². The Morgan fingerprint density at radius 1 is 1.29 bits per heavy atom. The molecular weight excluding hydrogens is 435 g/mol. The fraction of sp³-hybridized carbons (Fsp3) is 0.400. The predicted octanol–water partition coefficient (Wildman–Crippen LogP) is 3.76. The average Bonchev–Trinajstić information content (AvgIpc) is 3.24. The van der Waals surface area contributed by atoms with Gasteiger partial charge in [-0.1, -0.05) is 18.0 Å². The van der Waals surface area contributed by atoms with Crippen molar-refractivity contribution in [3.05, 3.63) is 52.4 Å². The van der Waals surface area contributed by atoms with Gasteiger partial charge in [-0.05, 0) is 25.3 Å². The molecule has 1 spiro atoms. The molecule has 0 aromatic carbocycles. The van der Waals surface area contributed by atoms with E-state index < -0.39 is 24.4 Å². The van der Waals surface area contributed by atoms with Crippen LogP contribution in [0.25, 0.3) is 5.65 Å². The van der Waals surface area contributed by atoms with E-state index in [1.54, 1.807) is 6.20 Å². The van der Waals surface area contributed by atoms with Crippen LogP contribution in [0.2, 0.25) is 5.02 Å². The van der Waals surface area contributed by atoms with Crippen LogP contribution < -0.4 is 5.32 Å². The summed E-state index contributed by atoms with van der Waals surface area (Å²) in [5, 5.41) is 16.0. The number of anilines is 1. The zero-order valence-electron chi connectivity index (χ0n) is 16.0. The van der Waals surface area contributed by atoms with Crippen molar-refractivity contribution < 1.29 is 23.1 Å². The first-order chi connectivity index (χ1) is 14.8. The summed E-state index contributed by atoms with van der Waals surface area (Å²) in [5.74, 6) is -1.50. The molecule has 11 heteroatoms. The number of pyridine rings is 1. The van der Waals surface area contributed by atoms with Gasteiger partial charge < -0.3 is 10.4 Å². The first kappa shape index (κ1) is 20.2. The number of hydrogen-bond acceptors (Lipinski definition) is 5. The van der Waals surface area contributed by atoms with E-state index in [1.165, 1.54) is 22.8 Å². The summed E-state index contributed by atoms with van der Waals surface area (Å²) in [7, 11) is 0. The van der Waals surface area contributed by atoms with E-state index in [4.69, 9.17) is 11.6 Å². The quantitative estimate of drug-likeness (QED) is 0.630. The second-order valence-corrected chi connectivity index (χ2v) is 8.46. The molecule has 3 aromatic heterocycles. The van der Waals surface area contributed by atoms with Crippen molar-refractivity contribution in [3.63, 3.8) is 0 Å². The van der Waals surface area contributed by atoms with Gasteiger partial charge in [-0.2, -0.15) is 4.39 Å². The van der Waals surface area contributed by atoms with Crippen LogP contribution in [0.15, 0.2) is 24.5 Å². The van der Waals surface area contributed by atoms with E-state index >= 15 is 0 Å². The highest BCUT2D eigenvalue weighted by atomic mass is 35.5. The Bertz CT molecular complexity index is 1200. The lowest BCUT2D eigenvalue weighted by Gasteiger charge is -2.39. The minimum absolute atomic E-state index is 0.178. The number of nitrogens with zero attached hydrogens (tertiary/aromatic N) is 4. The highest BCUT2D eigenvalue weighted by Gasteiger charge is 2.52. The van der Waals surface area contributed by atoms with Crippen molar-refractivity contribution in [3.8, 4) is 0 Å². The van der Waals surface area contributed by atoms with Gasteiger partial charge in [-0.25, -0.2) is 18.3 Å². The molecule has 162 valence electrons. The molecule has 1 saturated carbocycles. The number of halogens is 4. The molecule has 0 radical (unpaired) electrons. The predicted molar refractivity (Wildman–Crippen MR) is 105 cm³/mol. The molecule has 5 rings (SSSR count). The van der Waals surface area contributed by atoms with E-state index in [2.05, 4.69) is 20.4 Å². The number of hydrogen-bond donors (Lipinski definition) is 2. The standard InChI is InChI=1S/C20H17ClF3N5O2/c21-12-4-9(7-26-15(12)16(30)18(23)24)27-19(31)10-6-20(2-1-3-20)17-11(10)8-25-14-5-13(22)28-29(14)17/h4-5,7-8,10,16,18,30H,1-3,6H2,(H,27,31)/t10-,16-/m1/s1. The number of fused-ring (bicyclic) bond motifs is 4. The summed E-state index contributed by atoms with van der Waals surface area (Å²) in [4.78, 5) is 21.1. The van der Waals surface area contributed by atoms with E-state index in [0.717, 1.165) is 25.0 Å². The van der Waals surface area contributed by atoms with Gasteiger partial charge in [0, 0.05) is 23.2 Å². The molecular formula is C20H17ClF3N5O2. The van der Waals surface area contributed by atoms with Crippen molar-refractivity contribution in [2.24, 2.45) is 0 Å². The number of carbonyl (C=O) groups is 1. The Morgan fingerprint density at radius 2 is 2.06 bits per heavy atom. The second-order valence-electron chi connectivity index (χ2n) is 8.05. The van der Waals surface area contributed by atoms with Crippen LogP contribution in [-0.4, -0.2) is 37.0 Å². The smallest absolute Gasteiger partial charge is 0.269 e. The molecule has 0 saturated heterocycles. The van der Waals surface area contributed by atoms with Crippen molar-refractivity contribution >= 4 is 28.8 Å². The number of aliphatic hydroxyl groups excluding tert-OH is 1. The summed E-state index contributed by atoms with van der Waals surface area (Å²) < 4.78 is 40.7. The van der Waals surface area contributed by atoms with Gasteiger partial charge in [-0.15, -0.1) is 5.10 Å². The number of alkyl halides is 2. The van der Waals surface area contributed by atoms with Crippen LogP contribution in [0.5, 0.6) is 0 Å². The molecule has 0 bridgehead atoms. The van der Waals surface area contributed by atoms with Crippen molar-refractivity contribution in [2.45, 2.75) is 49.5 Å². The Kier molecular flexibility index (Phi) is 4.67. The average molecular weight is 452 g/mol. The van der Waals surface area contributed by atoms with Crippen molar-refractivity contribution in [1.29, 1.82) is 0 Å². The fourth-order valence-corrected chi connectivity index (χ4v) is 4.94. The fourth-order valence-electron chi connectivity index (χ4n) is 4.66. The number of amides is 1. The molecule has 2 aliphatic carbocycles. The van der Waals surface area contributed by atoms with Gasteiger partial charge in [0.1, 0.15) is 0 Å². The summed E-state index contributed by atoms with van der Waals surface area (Å²) >= 11 is 5.97. The van der Waals surface area contributed by atoms with Gasteiger partial charge in [0.2, 0.25) is 11.9 Å². The maximum Gasteiger partial charge on any atom is 0.269 e. The summed E-state index contributed by atoms with van der Waals surface area (Å²) in [5.41, 5.74) is 1.51. The molecule has 2 N–H and O–H groups in total. The Morgan fingerprint density at radius 3 is 2.71 bits per heavy atom. The van der Waals surface area contributed by atoms with E-state index in [1.807, 2.05) is 0 Å². The van der Waals surface area contributed by atoms with Gasteiger partial charge in [0.15, 0.2) is 11.8 Å². The third-order valence-corrected chi connectivity index (χ3v) is 6.54. The maximum absolute atomic E-state index is 13.7. The molecule has 3 aromatic rings. The van der Waals surface area contributed by atoms with Crippen molar-refractivity contribution in [1.82, 2.24) is 19.6 Å². The third kappa shape index (κ3) is 3.16. The molecule has 0 aliphatic heterocycles. The number of nitrogens with one attached hydrogen (secondary N) is 1. The third-order valence-electron chi connectivity index (χ3n) is 6.24. The van der Waals surface area contributed by atoms with Crippen LogP contribution in [0.4, 0.5) is 18.9 Å². The van der Waals surface area contributed by atoms with Crippen LogP contribution >= 0.6 is 11.6 Å². The number of aliphatic hydroxyl groups is 1. The van der Waals surface area contributed by atoms with Gasteiger partial charge in [0.25, 0.3) is 6.43 Å². The molecule has 1 fully saturated rings. The zero-order valence-corrected chi connectivity index (χ0v) is 16.8. The van der Waals surface area contributed by atoms with Gasteiger partial charge in [0.05, 0.1) is 34.2 Å². The molecule has 31 heavy (non-hydrogen) atoms. The minimum atomic E-state index is -3.03. The normalized spacial score (nSPS) is 20.1. The van der Waals surface area contributed by atoms with Gasteiger partial charge >= 0.3 is 0 Å². The lowest BCUT2D eigenvalue weighted by Crippen LogP contribution is -2.34.